The smallest absolute Gasteiger partial charge is 0.147 e. The van der Waals surface area contributed by atoms with Gasteiger partial charge in [-0.25, -0.2) is 4.98 Å². The second-order valence-electron chi connectivity index (χ2n) is 4.74. The van der Waals surface area contributed by atoms with Gasteiger partial charge >= 0.3 is 0 Å². The average molecular weight is 267 g/mol. The molecule has 102 valence electrons. The Bertz CT molecular complexity index is 617. The van der Waals surface area contributed by atoms with Gasteiger partial charge in [-0.15, -0.1) is 0 Å². The number of aromatic nitrogens is 1. The van der Waals surface area contributed by atoms with E-state index in [-0.39, 0.29) is 6.04 Å². The molecule has 0 saturated heterocycles. The zero-order chi connectivity index (χ0) is 14.4. The molecule has 2 rings (SSSR count). The second-order valence-corrected chi connectivity index (χ2v) is 4.74. The molecule has 4 nitrogen and oxygen atoms in total. The maximum Gasteiger partial charge on any atom is 0.147 e. The second kappa shape index (κ2) is 6.69. The quantitative estimate of drug-likeness (QED) is 0.903. The average Bonchev–Trinajstić information content (AvgIpc) is 2.45. The van der Waals surface area contributed by atoms with Crippen molar-refractivity contribution < 1.29 is 4.74 Å². The first kappa shape index (κ1) is 14.0. The highest BCUT2D eigenvalue weighted by Crippen LogP contribution is 2.16. The SMILES string of the molecule is CC(N)Cc1cccc(OCc2cccnc2C#N)c1. The minimum atomic E-state index is 0.119. The molecule has 0 bridgehead atoms. The summed E-state index contributed by atoms with van der Waals surface area (Å²) in [6.07, 6.45) is 2.42. The first-order valence-electron chi connectivity index (χ1n) is 6.50. The molecular formula is C16H17N3O. The summed E-state index contributed by atoms with van der Waals surface area (Å²) >= 11 is 0. The van der Waals surface area contributed by atoms with E-state index in [2.05, 4.69) is 11.1 Å². The molecule has 0 spiro atoms. The van der Waals surface area contributed by atoms with Crippen LogP contribution >= 0.6 is 0 Å². The third kappa shape index (κ3) is 3.81. The van der Waals surface area contributed by atoms with E-state index in [1.54, 1.807) is 12.3 Å². The molecule has 0 aliphatic carbocycles. The van der Waals surface area contributed by atoms with Gasteiger partial charge in [0.25, 0.3) is 0 Å². The molecule has 2 N–H and O–H groups in total. The first-order valence-corrected chi connectivity index (χ1v) is 6.50. The van der Waals surface area contributed by atoms with Crippen molar-refractivity contribution in [2.75, 3.05) is 0 Å². The molecule has 0 fully saturated rings. The Morgan fingerprint density at radius 2 is 2.20 bits per heavy atom. The van der Waals surface area contributed by atoms with Crippen LogP contribution in [0, 0.1) is 11.3 Å². The van der Waals surface area contributed by atoms with Gasteiger partial charge in [0.15, 0.2) is 0 Å². The Kier molecular flexibility index (Phi) is 4.70. The normalized spacial score (nSPS) is 11.7. The summed E-state index contributed by atoms with van der Waals surface area (Å²) in [6, 6.07) is 13.7. The minimum absolute atomic E-state index is 0.119. The standard InChI is InChI=1S/C16H17N3O/c1-12(18)8-13-4-2-6-15(9-13)20-11-14-5-3-7-19-16(14)10-17/h2-7,9,12H,8,11,18H2,1H3. The monoisotopic (exact) mass is 267 g/mol. The number of rotatable bonds is 5. The van der Waals surface area contributed by atoms with Crippen LogP contribution in [0.2, 0.25) is 0 Å². The van der Waals surface area contributed by atoms with E-state index < -0.39 is 0 Å². The summed E-state index contributed by atoms with van der Waals surface area (Å²) in [6.45, 7) is 2.31. The summed E-state index contributed by atoms with van der Waals surface area (Å²) in [5, 5.41) is 8.98. The fourth-order valence-corrected chi connectivity index (χ4v) is 1.95. The van der Waals surface area contributed by atoms with Crippen molar-refractivity contribution in [3.05, 3.63) is 59.4 Å². The van der Waals surface area contributed by atoms with Crippen LogP contribution in [0.4, 0.5) is 0 Å². The lowest BCUT2D eigenvalue weighted by atomic mass is 10.1. The van der Waals surface area contributed by atoms with Crippen LogP contribution in [0.25, 0.3) is 0 Å². The minimum Gasteiger partial charge on any atom is -0.489 e. The van der Waals surface area contributed by atoms with Crippen LogP contribution in [0.15, 0.2) is 42.6 Å². The molecular weight excluding hydrogens is 250 g/mol. The number of nitrogens with zero attached hydrogens (tertiary/aromatic N) is 2. The van der Waals surface area contributed by atoms with E-state index in [9.17, 15) is 0 Å². The van der Waals surface area contributed by atoms with Crippen molar-refractivity contribution in [3.8, 4) is 11.8 Å². The highest BCUT2D eigenvalue weighted by atomic mass is 16.5. The van der Waals surface area contributed by atoms with Gasteiger partial charge in [-0.1, -0.05) is 18.2 Å². The summed E-state index contributed by atoms with van der Waals surface area (Å²) < 4.78 is 5.72. The summed E-state index contributed by atoms with van der Waals surface area (Å²) in [5.74, 6) is 0.774. The van der Waals surface area contributed by atoms with Crippen molar-refractivity contribution in [1.29, 1.82) is 5.26 Å². The Hall–Kier alpha value is -2.38. The fourth-order valence-electron chi connectivity index (χ4n) is 1.95. The van der Waals surface area contributed by atoms with E-state index in [1.807, 2.05) is 37.3 Å². The van der Waals surface area contributed by atoms with Crippen molar-refractivity contribution >= 4 is 0 Å². The fraction of sp³-hybridized carbons (Fsp3) is 0.250. The summed E-state index contributed by atoms with van der Waals surface area (Å²) in [7, 11) is 0. The van der Waals surface area contributed by atoms with Crippen LogP contribution in [0.5, 0.6) is 5.75 Å². The van der Waals surface area contributed by atoms with Crippen LogP contribution in [0.1, 0.15) is 23.7 Å². The Morgan fingerprint density at radius 3 is 2.95 bits per heavy atom. The van der Waals surface area contributed by atoms with Crippen molar-refractivity contribution in [2.24, 2.45) is 5.73 Å². The molecule has 0 radical (unpaired) electrons. The van der Waals surface area contributed by atoms with Crippen LogP contribution in [0.3, 0.4) is 0 Å². The van der Waals surface area contributed by atoms with E-state index in [0.717, 1.165) is 23.3 Å². The van der Waals surface area contributed by atoms with Gasteiger partial charge in [0.05, 0.1) is 0 Å². The van der Waals surface area contributed by atoms with Gasteiger partial charge in [-0.3, -0.25) is 0 Å². The molecule has 2 aromatic rings. The number of nitriles is 1. The predicted octanol–water partition coefficient (Wildman–Crippen LogP) is 2.42. The molecule has 0 aliphatic rings. The molecule has 1 aromatic heterocycles. The first-order chi connectivity index (χ1) is 9.69. The van der Waals surface area contributed by atoms with Gasteiger partial charge in [-0.2, -0.15) is 5.26 Å². The van der Waals surface area contributed by atoms with Gasteiger partial charge in [-0.05, 0) is 37.1 Å². The third-order valence-electron chi connectivity index (χ3n) is 2.85. The molecule has 4 heteroatoms. The molecule has 1 aromatic carbocycles. The van der Waals surface area contributed by atoms with Crippen molar-refractivity contribution in [3.63, 3.8) is 0 Å². The molecule has 0 amide bonds. The van der Waals surface area contributed by atoms with E-state index in [4.69, 9.17) is 15.7 Å². The number of ether oxygens (including phenoxy) is 1. The largest absolute Gasteiger partial charge is 0.489 e. The molecule has 0 saturated carbocycles. The zero-order valence-corrected chi connectivity index (χ0v) is 11.4. The topological polar surface area (TPSA) is 71.9 Å². The predicted molar refractivity (Wildman–Crippen MR) is 77.1 cm³/mol. The molecule has 20 heavy (non-hydrogen) atoms. The highest BCUT2D eigenvalue weighted by Gasteiger charge is 2.04. The van der Waals surface area contributed by atoms with E-state index >= 15 is 0 Å². The highest BCUT2D eigenvalue weighted by molar-refractivity contribution is 5.32. The molecule has 1 unspecified atom stereocenters. The van der Waals surface area contributed by atoms with Gasteiger partial charge in [0.2, 0.25) is 0 Å². The van der Waals surface area contributed by atoms with Crippen molar-refractivity contribution in [2.45, 2.75) is 26.0 Å². The van der Waals surface area contributed by atoms with E-state index in [0.29, 0.717) is 12.3 Å². The Balaban J connectivity index is 2.06. The number of hydrogen-bond acceptors (Lipinski definition) is 4. The van der Waals surface area contributed by atoms with Gasteiger partial charge < -0.3 is 10.5 Å². The van der Waals surface area contributed by atoms with Crippen LogP contribution in [-0.2, 0) is 13.0 Å². The van der Waals surface area contributed by atoms with Gasteiger partial charge in [0.1, 0.15) is 24.1 Å². The maximum atomic E-state index is 8.98. The lowest BCUT2D eigenvalue weighted by Crippen LogP contribution is -2.17. The molecule has 1 atom stereocenters. The number of benzene rings is 1. The summed E-state index contributed by atoms with van der Waals surface area (Å²) in [5.41, 5.74) is 8.12. The third-order valence-corrected chi connectivity index (χ3v) is 2.85. The lowest BCUT2D eigenvalue weighted by Gasteiger charge is -2.10. The Labute approximate surface area is 118 Å². The van der Waals surface area contributed by atoms with Crippen LogP contribution in [-0.4, -0.2) is 11.0 Å². The van der Waals surface area contributed by atoms with Crippen molar-refractivity contribution in [1.82, 2.24) is 4.98 Å². The number of nitrogens with two attached hydrogens (primary N) is 1. The van der Waals surface area contributed by atoms with Crippen LogP contribution < -0.4 is 10.5 Å². The van der Waals surface area contributed by atoms with E-state index in [1.165, 1.54) is 0 Å². The van der Waals surface area contributed by atoms with Gasteiger partial charge in [0, 0.05) is 17.8 Å². The number of hydrogen-bond donors (Lipinski definition) is 1. The zero-order valence-electron chi connectivity index (χ0n) is 11.4. The molecule has 1 heterocycles. The summed E-state index contributed by atoms with van der Waals surface area (Å²) in [4.78, 5) is 4.01. The number of pyridine rings is 1. The molecule has 0 aliphatic heterocycles. The Morgan fingerprint density at radius 1 is 1.35 bits per heavy atom. The lowest BCUT2D eigenvalue weighted by molar-refractivity contribution is 0.305. The maximum absolute atomic E-state index is 8.98.